The molecule has 0 N–H and O–H groups in total. The Kier molecular flexibility index (Phi) is 3.12. The number of nitrogens with zero attached hydrogens (tertiary/aromatic N) is 3. The van der Waals surface area contributed by atoms with Gasteiger partial charge >= 0.3 is 0 Å². The van der Waals surface area contributed by atoms with Gasteiger partial charge in [-0.3, -0.25) is 4.79 Å². The topological polar surface area (TPSA) is 37.6 Å². The van der Waals surface area contributed by atoms with Crippen LogP contribution in [0, 0.1) is 19.8 Å². The average Bonchev–Trinajstić information content (AvgIpc) is 3.25. The second kappa shape index (κ2) is 5.19. The first-order chi connectivity index (χ1) is 12.5. The van der Waals surface area contributed by atoms with E-state index in [2.05, 4.69) is 60.8 Å². The van der Waals surface area contributed by atoms with Gasteiger partial charge in [-0.2, -0.15) is 0 Å². The number of amides is 1. The maximum Gasteiger partial charge on any atom is 0.234 e. The first kappa shape index (κ1) is 15.6. The Morgan fingerprint density at radius 1 is 1.08 bits per heavy atom. The Balaban J connectivity index is 1.80. The van der Waals surface area contributed by atoms with Gasteiger partial charge in [0.2, 0.25) is 5.91 Å². The molecule has 3 heterocycles. The van der Waals surface area contributed by atoms with Crippen LogP contribution in [0.5, 0.6) is 0 Å². The molecule has 1 amide bonds. The minimum atomic E-state index is -0.402. The molecular weight excluding hydrogens is 322 g/mol. The van der Waals surface area contributed by atoms with Gasteiger partial charge in [0.1, 0.15) is 5.65 Å². The third-order valence-electron chi connectivity index (χ3n) is 6.16. The van der Waals surface area contributed by atoms with Gasteiger partial charge in [0, 0.05) is 25.4 Å². The van der Waals surface area contributed by atoms with Crippen molar-refractivity contribution < 1.29 is 4.79 Å². The highest BCUT2D eigenvalue weighted by atomic mass is 16.2. The fraction of sp³-hybridized carbons (Fsp3) is 0.364. The van der Waals surface area contributed by atoms with Gasteiger partial charge in [-0.05, 0) is 44.2 Å². The number of aryl methyl sites for hydroxylation is 2. The Bertz CT molecular complexity index is 1030. The first-order valence-corrected chi connectivity index (χ1v) is 9.32. The molecule has 1 aliphatic heterocycles. The summed E-state index contributed by atoms with van der Waals surface area (Å²) in [5, 5.41) is 0. The molecule has 2 unspecified atom stereocenters. The summed E-state index contributed by atoms with van der Waals surface area (Å²) in [6.45, 7) is 5.04. The number of piperidine rings is 1. The number of pyridine rings is 1. The van der Waals surface area contributed by atoms with Crippen molar-refractivity contribution in [2.75, 3.05) is 13.6 Å². The lowest BCUT2D eigenvalue weighted by Gasteiger charge is -2.30. The predicted octanol–water partition coefficient (Wildman–Crippen LogP) is 3.74. The van der Waals surface area contributed by atoms with Crippen molar-refractivity contribution in [1.82, 2.24) is 14.3 Å². The fourth-order valence-corrected chi connectivity index (χ4v) is 4.61. The van der Waals surface area contributed by atoms with Gasteiger partial charge in [0.05, 0.1) is 16.8 Å². The van der Waals surface area contributed by atoms with Crippen LogP contribution in [0.25, 0.3) is 16.9 Å². The highest BCUT2D eigenvalue weighted by Gasteiger charge is 2.66. The van der Waals surface area contributed by atoms with Crippen LogP contribution in [0.1, 0.15) is 29.7 Å². The summed E-state index contributed by atoms with van der Waals surface area (Å²) in [7, 11) is 1.93. The van der Waals surface area contributed by atoms with Crippen LogP contribution in [0.4, 0.5) is 0 Å². The number of carbonyl (C=O) groups excluding carboxylic acids is 1. The van der Waals surface area contributed by atoms with E-state index in [0.717, 1.165) is 42.0 Å². The van der Waals surface area contributed by atoms with E-state index in [4.69, 9.17) is 4.98 Å². The highest BCUT2D eigenvalue weighted by Crippen LogP contribution is 2.60. The van der Waals surface area contributed by atoms with E-state index < -0.39 is 5.41 Å². The minimum Gasteiger partial charge on any atom is -0.345 e. The average molecular weight is 345 g/mol. The Hall–Kier alpha value is -2.62. The molecule has 2 fully saturated rings. The third-order valence-corrected chi connectivity index (χ3v) is 6.16. The number of imidazole rings is 1. The lowest BCUT2D eigenvalue weighted by atomic mass is 9.89. The number of aromatic nitrogens is 2. The second-order valence-corrected chi connectivity index (χ2v) is 8.00. The van der Waals surface area contributed by atoms with Gasteiger partial charge in [-0.15, -0.1) is 0 Å². The highest BCUT2D eigenvalue weighted by molar-refractivity contribution is 5.95. The van der Waals surface area contributed by atoms with Gasteiger partial charge in [-0.1, -0.05) is 35.9 Å². The Morgan fingerprint density at radius 3 is 2.58 bits per heavy atom. The molecule has 132 valence electrons. The molecule has 2 atom stereocenters. The van der Waals surface area contributed by atoms with Crippen molar-refractivity contribution in [3.8, 4) is 11.3 Å². The summed E-state index contributed by atoms with van der Waals surface area (Å²) < 4.78 is 2.17. The SMILES string of the molecule is Cc1ccc(-c2nc3ccc(C)cn3c2C23CC2CCN(C)C3=O)cc1. The summed E-state index contributed by atoms with van der Waals surface area (Å²) in [6, 6.07) is 12.6. The van der Waals surface area contributed by atoms with Crippen molar-refractivity contribution in [1.29, 1.82) is 0 Å². The zero-order valence-corrected chi connectivity index (χ0v) is 15.5. The predicted molar refractivity (Wildman–Crippen MR) is 102 cm³/mol. The molecule has 2 aliphatic rings. The van der Waals surface area contributed by atoms with E-state index in [-0.39, 0.29) is 5.91 Å². The first-order valence-electron chi connectivity index (χ1n) is 9.32. The van der Waals surface area contributed by atoms with Gasteiger partial charge in [0.15, 0.2) is 0 Å². The van der Waals surface area contributed by atoms with E-state index in [0.29, 0.717) is 5.92 Å². The number of likely N-dealkylation sites (tertiary alicyclic amines) is 1. The van der Waals surface area contributed by atoms with Crippen molar-refractivity contribution >= 4 is 11.6 Å². The number of carbonyl (C=O) groups is 1. The number of benzene rings is 1. The smallest absolute Gasteiger partial charge is 0.234 e. The quantitative estimate of drug-likeness (QED) is 0.710. The normalized spacial score (nSPS) is 24.8. The molecule has 5 rings (SSSR count). The maximum absolute atomic E-state index is 13.2. The lowest BCUT2D eigenvalue weighted by Crippen LogP contribution is -2.43. The van der Waals surface area contributed by atoms with Crippen molar-refractivity contribution in [2.24, 2.45) is 5.92 Å². The molecule has 26 heavy (non-hydrogen) atoms. The van der Waals surface area contributed by atoms with Crippen molar-refractivity contribution in [3.05, 3.63) is 59.4 Å². The molecule has 2 aromatic heterocycles. The fourth-order valence-electron chi connectivity index (χ4n) is 4.61. The standard InChI is InChI=1S/C22H23N3O/c1-14-4-7-16(8-5-14)19-20(25-13-15(2)6-9-18(25)23-19)22-12-17(22)10-11-24(3)21(22)26/h4-9,13,17H,10-12H2,1-3H3. The van der Waals surface area contributed by atoms with Crippen LogP contribution < -0.4 is 0 Å². The molecule has 0 radical (unpaired) electrons. The van der Waals surface area contributed by atoms with E-state index in [1.807, 2.05) is 11.9 Å². The van der Waals surface area contributed by atoms with Gasteiger partial charge in [-0.25, -0.2) is 4.98 Å². The minimum absolute atomic E-state index is 0.255. The molecule has 3 aromatic rings. The molecule has 1 saturated carbocycles. The lowest BCUT2D eigenvalue weighted by molar-refractivity contribution is -0.135. The summed E-state index contributed by atoms with van der Waals surface area (Å²) in [4.78, 5) is 20.1. The molecule has 1 saturated heterocycles. The number of likely N-dealkylation sites (N-methyl/N-ethyl adjacent to an activating group) is 1. The summed E-state index contributed by atoms with van der Waals surface area (Å²) in [5.41, 5.74) is 6.06. The van der Waals surface area contributed by atoms with Crippen LogP contribution in [0.15, 0.2) is 42.6 Å². The molecule has 0 spiro atoms. The zero-order chi connectivity index (χ0) is 18.1. The van der Waals surface area contributed by atoms with Gasteiger partial charge in [0.25, 0.3) is 0 Å². The molecule has 1 aromatic carbocycles. The van der Waals surface area contributed by atoms with Crippen molar-refractivity contribution in [3.63, 3.8) is 0 Å². The van der Waals surface area contributed by atoms with Crippen molar-refractivity contribution in [2.45, 2.75) is 32.1 Å². The van der Waals surface area contributed by atoms with E-state index in [1.54, 1.807) is 0 Å². The van der Waals surface area contributed by atoms with E-state index in [1.165, 1.54) is 11.1 Å². The van der Waals surface area contributed by atoms with Crippen LogP contribution in [-0.4, -0.2) is 33.8 Å². The zero-order valence-electron chi connectivity index (χ0n) is 15.5. The largest absolute Gasteiger partial charge is 0.345 e. The van der Waals surface area contributed by atoms with Crippen LogP contribution >= 0.6 is 0 Å². The Morgan fingerprint density at radius 2 is 1.81 bits per heavy atom. The van der Waals surface area contributed by atoms with Crippen LogP contribution in [0.3, 0.4) is 0 Å². The molecular formula is C22H23N3O. The molecule has 4 heteroatoms. The molecule has 0 bridgehead atoms. The van der Waals surface area contributed by atoms with E-state index in [9.17, 15) is 4.79 Å². The molecule has 4 nitrogen and oxygen atoms in total. The summed E-state index contributed by atoms with van der Waals surface area (Å²) in [6.07, 6.45) is 4.15. The van der Waals surface area contributed by atoms with Gasteiger partial charge < -0.3 is 9.30 Å². The number of hydrogen-bond acceptors (Lipinski definition) is 2. The molecule has 1 aliphatic carbocycles. The monoisotopic (exact) mass is 345 g/mol. The Labute approximate surface area is 153 Å². The van der Waals surface area contributed by atoms with Crippen LogP contribution in [-0.2, 0) is 10.2 Å². The maximum atomic E-state index is 13.2. The van der Waals surface area contributed by atoms with Crippen LogP contribution in [0.2, 0.25) is 0 Å². The summed E-state index contributed by atoms with van der Waals surface area (Å²) >= 11 is 0. The third kappa shape index (κ3) is 2.02. The number of fused-ring (bicyclic) bond motifs is 2. The van der Waals surface area contributed by atoms with E-state index >= 15 is 0 Å². The second-order valence-electron chi connectivity index (χ2n) is 8.00. The summed E-state index contributed by atoms with van der Waals surface area (Å²) in [5.74, 6) is 0.696. The number of rotatable bonds is 2. The number of hydrogen-bond donors (Lipinski definition) is 0.